The Morgan fingerprint density at radius 2 is 1.90 bits per heavy atom. The van der Waals surface area contributed by atoms with Gasteiger partial charge in [0.05, 0.1) is 0 Å². The first kappa shape index (κ1) is 14.8. The van der Waals surface area contributed by atoms with Gasteiger partial charge in [-0.25, -0.2) is 0 Å². The second-order valence-corrected chi connectivity index (χ2v) is 6.30. The van der Waals surface area contributed by atoms with Gasteiger partial charge >= 0.3 is 5.97 Å². The third-order valence-corrected chi connectivity index (χ3v) is 3.18. The molecule has 0 bridgehead atoms. The summed E-state index contributed by atoms with van der Waals surface area (Å²) in [5.41, 5.74) is 1.93. The van der Waals surface area contributed by atoms with Gasteiger partial charge in [0.15, 0.2) is 0 Å². The quantitative estimate of drug-likeness (QED) is 0.841. The molecule has 0 saturated carbocycles. The molecular formula is C17H23NO2. The lowest BCUT2D eigenvalue weighted by Crippen LogP contribution is -2.46. The summed E-state index contributed by atoms with van der Waals surface area (Å²) >= 11 is 0. The Bertz CT molecular complexity index is 499. The molecule has 1 N–H and O–H groups in total. The van der Waals surface area contributed by atoms with Gasteiger partial charge in [-0.3, -0.25) is 10.1 Å². The van der Waals surface area contributed by atoms with Crippen molar-refractivity contribution in [3.63, 3.8) is 0 Å². The molecule has 3 heteroatoms. The minimum Gasteiger partial charge on any atom is -0.459 e. The summed E-state index contributed by atoms with van der Waals surface area (Å²) in [6.45, 7) is 7.74. The van der Waals surface area contributed by atoms with E-state index in [0.29, 0.717) is 6.42 Å². The van der Waals surface area contributed by atoms with E-state index in [1.165, 1.54) is 11.1 Å². The molecule has 0 saturated heterocycles. The smallest absolute Gasteiger partial charge is 0.324 e. The summed E-state index contributed by atoms with van der Waals surface area (Å²) in [6, 6.07) is 10.1. The molecule has 1 aromatic rings. The molecule has 1 aliphatic heterocycles. The van der Waals surface area contributed by atoms with Crippen LogP contribution in [0.15, 0.2) is 36.4 Å². The molecular weight excluding hydrogens is 250 g/mol. The van der Waals surface area contributed by atoms with Crippen LogP contribution in [0.5, 0.6) is 0 Å². The lowest BCUT2D eigenvalue weighted by molar-refractivity contribution is -0.157. The third-order valence-electron chi connectivity index (χ3n) is 3.18. The second-order valence-electron chi connectivity index (χ2n) is 6.30. The molecule has 108 valence electrons. The fraction of sp³-hybridized carbons (Fsp3) is 0.471. The number of hydrogen-bond acceptors (Lipinski definition) is 3. The number of esters is 1. The van der Waals surface area contributed by atoms with Crippen LogP contribution in [0.3, 0.4) is 0 Å². The van der Waals surface area contributed by atoms with Gasteiger partial charge in [-0.1, -0.05) is 36.4 Å². The molecule has 2 rings (SSSR count). The lowest BCUT2D eigenvalue weighted by atomic mass is 9.93. The summed E-state index contributed by atoms with van der Waals surface area (Å²) in [6.07, 6.45) is 2.85. The van der Waals surface area contributed by atoms with E-state index < -0.39 is 5.60 Å². The van der Waals surface area contributed by atoms with Crippen LogP contribution < -0.4 is 5.32 Å². The zero-order valence-corrected chi connectivity index (χ0v) is 12.6. The number of ether oxygens (including phenoxy) is 1. The Kier molecular flexibility index (Phi) is 4.29. The Hall–Kier alpha value is -1.61. The average molecular weight is 273 g/mol. The number of carbonyl (C=O) groups excluding carboxylic acids is 1. The van der Waals surface area contributed by atoms with Crippen molar-refractivity contribution in [1.82, 2.24) is 5.32 Å². The summed E-state index contributed by atoms with van der Waals surface area (Å²) in [5.74, 6) is -0.175. The normalized spacial score (nSPS) is 23.1. The maximum Gasteiger partial charge on any atom is 0.324 e. The molecule has 0 spiro atoms. The molecule has 2 atom stereocenters. The lowest BCUT2D eigenvalue weighted by Gasteiger charge is -2.30. The first-order valence-electron chi connectivity index (χ1n) is 7.10. The third kappa shape index (κ3) is 3.94. The molecule has 1 heterocycles. The summed E-state index contributed by atoms with van der Waals surface area (Å²) in [7, 11) is 0. The second kappa shape index (κ2) is 5.80. The van der Waals surface area contributed by atoms with Gasteiger partial charge in [0.2, 0.25) is 0 Å². The van der Waals surface area contributed by atoms with Crippen LogP contribution in [0.25, 0.3) is 5.57 Å². The standard InChI is InChI=1S/C17H23NO2/c1-12-10-14(13-8-6-5-7-9-13)11-15(18-12)16(19)20-17(2,3)4/h5-10,12,15,18H,11H2,1-4H3/t12-,15-/m1/s1. The molecule has 0 fully saturated rings. The van der Waals surface area contributed by atoms with Gasteiger partial charge in [-0.2, -0.15) is 0 Å². The van der Waals surface area contributed by atoms with Crippen LogP contribution >= 0.6 is 0 Å². The van der Waals surface area contributed by atoms with Gasteiger partial charge in [0, 0.05) is 6.04 Å². The number of rotatable bonds is 2. The maximum atomic E-state index is 12.2. The highest BCUT2D eigenvalue weighted by molar-refractivity contribution is 5.81. The van der Waals surface area contributed by atoms with E-state index in [1.54, 1.807) is 0 Å². The van der Waals surface area contributed by atoms with Crippen LogP contribution in [-0.2, 0) is 9.53 Å². The molecule has 20 heavy (non-hydrogen) atoms. The van der Waals surface area contributed by atoms with Crippen molar-refractivity contribution in [2.24, 2.45) is 0 Å². The van der Waals surface area contributed by atoms with E-state index in [2.05, 4.69) is 30.4 Å². The maximum absolute atomic E-state index is 12.2. The number of carbonyl (C=O) groups is 1. The van der Waals surface area contributed by atoms with E-state index in [0.717, 1.165) is 0 Å². The molecule has 0 aliphatic carbocycles. The van der Waals surface area contributed by atoms with Crippen LogP contribution in [0.2, 0.25) is 0 Å². The van der Waals surface area contributed by atoms with Gasteiger partial charge in [0.1, 0.15) is 11.6 Å². The van der Waals surface area contributed by atoms with Crippen molar-refractivity contribution in [1.29, 1.82) is 0 Å². The summed E-state index contributed by atoms with van der Waals surface area (Å²) in [5, 5.41) is 3.29. The van der Waals surface area contributed by atoms with E-state index in [-0.39, 0.29) is 18.1 Å². The molecule has 1 aromatic carbocycles. The van der Waals surface area contributed by atoms with Crippen LogP contribution in [0, 0.1) is 0 Å². The van der Waals surface area contributed by atoms with Gasteiger partial charge < -0.3 is 4.74 Å². The first-order valence-corrected chi connectivity index (χ1v) is 7.10. The van der Waals surface area contributed by atoms with Crippen molar-refractivity contribution >= 4 is 11.5 Å². The van der Waals surface area contributed by atoms with Gasteiger partial charge in [-0.05, 0) is 45.3 Å². The van der Waals surface area contributed by atoms with E-state index >= 15 is 0 Å². The molecule has 3 nitrogen and oxygen atoms in total. The molecule has 0 unspecified atom stereocenters. The SMILES string of the molecule is C[C@@H]1C=C(c2ccccc2)C[C@H](C(=O)OC(C)(C)C)N1. The fourth-order valence-corrected chi connectivity index (χ4v) is 2.40. The predicted molar refractivity (Wildman–Crippen MR) is 81.3 cm³/mol. The van der Waals surface area contributed by atoms with Gasteiger partial charge in [0.25, 0.3) is 0 Å². The largest absolute Gasteiger partial charge is 0.459 e. The highest BCUT2D eigenvalue weighted by atomic mass is 16.6. The van der Waals surface area contributed by atoms with E-state index in [9.17, 15) is 4.79 Å². The highest BCUT2D eigenvalue weighted by Crippen LogP contribution is 2.25. The Balaban J connectivity index is 2.13. The van der Waals surface area contributed by atoms with E-state index in [4.69, 9.17) is 4.74 Å². The van der Waals surface area contributed by atoms with Crippen LogP contribution in [0.4, 0.5) is 0 Å². The molecule has 0 aromatic heterocycles. The molecule has 1 aliphatic rings. The zero-order valence-electron chi connectivity index (χ0n) is 12.6. The minimum atomic E-state index is -0.448. The fourth-order valence-electron chi connectivity index (χ4n) is 2.40. The Morgan fingerprint density at radius 1 is 1.25 bits per heavy atom. The van der Waals surface area contributed by atoms with E-state index in [1.807, 2.05) is 39.0 Å². The molecule has 0 amide bonds. The molecule has 0 radical (unpaired) electrons. The van der Waals surface area contributed by atoms with Gasteiger partial charge in [-0.15, -0.1) is 0 Å². The highest BCUT2D eigenvalue weighted by Gasteiger charge is 2.29. The van der Waals surface area contributed by atoms with Crippen molar-refractivity contribution in [3.05, 3.63) is 42.0 Å². The minimum absolute atomic E-state index is 0.163. The van der Waals surface area contributed by atoms with Crippen molar-refractivity contribution in [3.8, 4) is 0 Å². The number of benzene rings is 1. The number of nitrogens with one attached hydrogen (secondary N) is 1. The number of hydrogen-bond donors (Lipinski definition) is 1. The van der Waals surface area contributed by atoms with Crippen LogP contribution in [-0.4, -0.2) is 23.7 Å². The summed E-state index contributed by atoms with van der Waals surface area (Å²) in [4.78, 5) is 12.2. The van der Waals surface area contributed by atoms with Crippen LogP contribution in [0.1, 0.15) is 39.7 Å². The summed E-state index contributed by atoms with van der Waals surface area (Å²) < 4.78 is 5.48. The first-order chi connectivity index (χ1) is 9.35. The van der Waals surface area contributed by atoms with Crippen molar-refractivity contribution < 1.29 is 9.53 Å². The Morgan fingerprint density at radius 3 is 2.50 bits per heavy atom. The topological polar surface area (TPSA) is 38.3 Å². The van der Waals surface area contributed by atoms with Crippen molar-refractivity contribution in [2.75, 3.05) is 0 Å². The Labute approximate surface area is 121 Å². The monoisotopic (exact) mass is 273 g/mol. The van der Waals surface area contributed by atoms with Crippen molar-refractivity contribution in [2.45, 2.75) is 51.8 Å². The predicted octanol–water partition coefficient (Wildman–Crippen LogP) is 3.16. The zero-order chi connectivity index (χ0) is 14.8. The average Bonchev–Trinajstić information content (AvgIpc) is 2.37.